The number of fused-ring (bicyclic) bond motifs is 3. The van der Waals surface area contributed by atoms with Crippen molar-refractivity contribution < 1.29 is 27.9 Å². The summed E-state index contributed by atoms with van der Waals surface area (Å²) in [6.45, 7) is -0.490. The van der Waals surface area contributed by atoms with E-state index in [0.717, 1.165) is 29.2 Å². The van der Waals surface area contributed by atoms with Gasteiger partial charge in [0, 0.05) is 22.4 Å². The number of esters is 1. The topological polar surface area (TPSA) is 77.8 Å². The molecule has 0 atom stereocenters. The second-order valence-corrected chi connectivity index (χ2v) is 8.54. The zero-order valence-electron chi connectivity index (χ0n) is 18.7. The van der Waals surface area contributed by atoms with E-state index in [4.69, 9.17) is 13.9 Å². The minimum atomic E-state index is -1.06. The minimum Gasteiger partial charge on any atom is -0.495 e. The number of rotatable bonds is 6. The van der Waals surface area contributed by atoms with Crippen LogP contribution in [0.25, 0.3) is 21.9 Å². The van der Waals surface area contributed by atoms with E-state index in [1.807, 2.05) is 24.3 Å². The Hall–Kier alpha value is -3.87. The van der Waals surface area contributed by atoms with Crippen LogP contribution in [0, 0.1) is 5.82 Å². The molecule has 5 rings (SSSR count). The predicted molar refractivity (Wildman–Crippen MR) is 126 cm³/mol. The number of methoxy groups -OCH3 is 1. The van der Waals surface area contributed by atoms with E-state index in [0.29, 0.717) is 35.4 Å². The Morgan fingerprint density at radius 2 is 1.74 bits per heavy atom. The van der Waals surface area contributed by atoms with E-state index in [2.05, 4.69) is 5.32 Å². The van der Waals surface area contributed by atoms with Crippen molar-refractivity contribution in [2.45, 2.75) is 31.1 Å². The molecule has 1 aliphatic carbocycles. The molecule has 7 heteroatoms. The summed E-state index contributed by atoms with van der Waals surface area (Å²) in [4.78, 5) is 25.7. The second kappa shape index (κ2) is 8.82. The molecule has 3 aromatic carbocycles. The summed E-state index contributed by atoms with van der Waals surface area (Å²) >= 11 is 0. The van der Waals surface area contributed by atoms with Crippen LogP contribution in [0.3, 0.4) is 0 Å². The first kappa shape index (κ1) is 21.9. The lowest BCUT2D eigenvalue weighted by Crippen LogP contribution is -2.37. The van der Waals surface area contributed by atoms with Crippen molar-refractivity contribution in [3.05, 3.63) is 72.0 Å². The summed E-state index contributed by atoms with van der Waals surface area (Å²) < 4.78 is 31.3. The van der Waals surface area contributed by atoms with Gasteiger partial charge in [-0.1, -0.05) is 49.2 Å². The number of amides is 1. The van der Waals surface area contributed by atoms with Crippen LogP contribution in [-0.2, 0) is 19.7 Å². The van der Waals surface area contributed by atoms with Crippen molar-refractivity contribution in [3.63, 3.8) is 0 Å². The molecule has 0 bridgehead atoms. The Labute approximate surface area is 195 Å². The van der Waals surface area contributed by atoms with Crippen molar-refractivity contribution in [1.29, 1.82) is 0 Å². The van der Waals surface area contributed by atoms with Gasteiger partial charge in [0.05, 0.1) is 18.2 Å². The van der Waals surface area contributed by atoms with Gasteiger partial charge in [0.1, 0.15) is 22.7 Å². The molecule has 0 unspecified atom stereocenters. The molecule has 0 spiro atoms. The first-order chi connectivity index (χ1) is 16.5. The number of ether oxygens (including phenoxy) is 2. The summed E-state index contributed by atoms with van der Waals surface area (Å²) in [5.41, 5.74) is 0.997. The van der Waals surface area contributed by atoms with Crippen LogP contribution in [0.4, 0.5) is 10.1 Å². The van der Waals surface area contributed by atoms with Crippen LogP contribution in [0.15, 0.2) is 65.1 Å². The monoisotopic (exact) mass is 461 g/mol. The van der Waals surface area contributed by atoms with Crippen LogP contribution in [0.2, 0.25) is 0 Å². The molecule has 1 N–H and O–H groups in total. The van der Waals surface area contributed by atoms with E-state index in [1.165, 1.54) is 13.2 Å². The Morgan fingerprint density at radius 3 is 2.50 bits per heavy atom. The minimum absolute atomic E-state index is 0.329. The average molecular weight is 461 g/mol. The lowest BCUT2D eigenvalue weighted by molar-refractivity contribution is -0.153. The smallest absolute Gasteiger partial charge is 0.317 e. The standard InChI is InChI=1S/C27H24FNO5/c1-32-24-14-18-17-8-2-5-11-22(17)34-23(18)15-21(24)29-25(30)16-33-26(31)27(12-6-7-13-27)19-9-3-4-10-20(19)28/h2-5,8-11,14-15H,6-7,12-13,16H2,1H3,(H,29,30). The average Bonchev–Trinajstić information content (AvgIpc) is 3.48. The van der Waals surface area contributed by atoms with E-state index >= 15 is 0 Å². The highest BCUT2D eigenvalue weighted by atomic mass is 19.1. The lowest BCUT2D eigenvalue weighted by atomic mass is 9.78. The second-order valence-electron chi connectivity index (χ2n) is 8.54. The number of hydrogen-bond donors (Lipinski definition) is 1. The van der Waals surface area contributed by atoms with Gasteiger partial charge in [-0.2, -0.15) is 0 Å². The van der Waals surface area contributed by atoms with Gasteiger partial charge < -0.3 is 19.2 Å². The summed E-state index contributed by atoms with van der Waals surface area (Å²) in [7, 11) is 1.51. The molecule has 34 heavy (non-hydrogen) atoms. The van der Waals surface area contributed by atoms with Crippen LogP contribution < -0.4 is 10.1 Å². The van der Waals surface area contributed by atoms with Gasteiger partial charge in [-0.05, 0) is 31.0 Å². The van der Waals surface area contributed by atoms with Crippen molar-refractivity contribution >= 4 is 39.5 Å². The zero-order valence-corrected chi connectivity index (χ0v) is 18.7. The first-order valence-corrected chi connectivity index (χ1v) is 11.2. The van der Waals surface area contributed by atoms with Crippen molar-refractivity contribution in [2.75, 3.05) is 19.0 Å². The maximum Gasteiger partial charge on any atom is 0.317 e. The lowest BCUT2D eigenvalue weighted by Gasteiger charge is -2.27. The highest BCUT2D eigenvalue weighted by Gasteiger charge is 2.46. The van der Waals surface area contributed by atoms with Crippen LogP contribution in [0.5, 0.6) is 5.75 Å². The van der Waals surface area contributed by atoms with E-state index < -0.39 is 29.7 Å². The maximum absolute atomic E-state index is 14.5. The van der Waals surface area contributed by atoms with Gasteiger partial charge in [-0.25, -0.2) is 4.39 Å². The first-order valence-electron chi connectivity index (χ1n) is 11.2. The molecule has 6 nitrogen and oxygen atoms in total. The highest BCUT2D eigenvalue weighted by molar-refractivity contribution is 6.08. The van der Waals surface area contributed by atoms with Crippen molar-refractivity contribution in [1.82, 2.24) is 0 Å². The third-order valence-corrected chi connectivity index (χ3v) is 6.54. The molecular formula is C27H24FNO5. The van der Waals surface area contributed by atoms with Crippen LogP contribution >= 0.6 is 0 Å². The van der Waals surface area contributed by atoms with Gasteiger partial charge in [-0.15, -0.1) is 0 Å². The number of anilines is 1. The number of nitrogens with one attached hydrogen (secondary N) is 1. The molecule has 1 amide bonds. The van der Waals surface area contributed by atoms with Gasteiger partial charge in [-0.3, -0.25) is 9.59 Å². The maximum atomic E-state index is 14.5. The Balaban J connectivity index is 1.33. The number of benzene rings is 3. The largest absolute Gasteiger partial charge is 0.495 e. The van der Waals surface area contributed by atoms with E-state index in [9.17, 15) is 14.0 Å². The van der Waals surface area contributed by atoms with Crippen LogP contribution in [-0.4, -0.2) is 25.6 Å². The Morgan fingerprint density at radius 1 is 1.00 bits per heavy atom. The number of carbonyl (C=O) groups excluding carboxylic acids is 2. The van der Waals surface area contributed by atoms with E-state index in [-0.39, 0.29) is 0 Å². The molecule has 1 aliphatic rings. The number of carbonyl (C=O) groups is 2. The Kier molecular flexibility index (Phi) is 5.69. The summed E-state index contributed by atoms with van der Waals surface area (Å²) in [5.74, 6) is -1.08. The van der Waals surface area contributed by atoms with Crippen molar-refractivity contribution in [3.8, 4) is 5.75 Å². The number of furan rings is 1. The molecular weight excluding hydrogens is 437 g/mol. The summed E-state index contributed by atoms with van der Waals surface area (Å²) in [5, 5.41) is 4.54. The number of halogens is 1. The highest BCUT2D eigenvalue weighted by Crippen LogP contribution is 2.43. The fraction of sp³-hybridized carbons (Fsp3) is 0.259. The zero-order chi connectivity index (χ0) is 23.7. The van der Waals surface area contributed by atoms with Gasteiger partial charge in [0.2, 0.25) is 0 Å². The van der Waals surface area contributed by atoms with Gasteiger partial charge in [0.15, 0.2) is 6.61 Å². The molecule has 0 radical (unpaired) electrons. The molecule has 174 valence electrons. The molecule has 1 fully saturated rings. The molecule has 1 saturated carbocycles. The van der Waals surface area contributed by atoms with E-state index in [1.54, 1.807) is 30.3 Å². The third-order valence-electron chi connectivity index (χ3n) is 6.54. The SMILES string of the molecule is COc1cc2c(cc1NC(=O)COC(=O)C1(c3ccccc3F)CCCC1)oc1ccccc12. The summed E-state index contributed by atoms with van der Waals surface area (Å²) in [6.07, 6.45) is 2.57. The molecule has 0 aliphatic heterocycles. The number of hydrogen-bond acceptors (Lipinski definition) is 5. The van der Waals surface area contributed by atoms with Crippen molar-refractivity contribution in [2.24, 2.45) is 0 Å². The predicted octanol–water partition coefficient (Wildman–Crippen LogP) is 5.73. The van der Waals surface area contributed by atoms with Gasteiger partial charge >= 0.3 is 5.97 Å². The third kappa shape index (κ3) is 3.77. The molecule has 0 saturated heterocycles. The quantitative estimate of drug-likeness (QED) is 0.371. The Bertz CT molecular complexity index is 1390. The fourth-order valence-electron chi connectivity index (χ4n) is 4.88. The molecule has 1 heterocycles. The summed E-state index contributed by atoms with van der Waals surface area (Å²) in [6, 6.07) is 17.4. The molecule has 4 aromatic rings. The fourth-order valence-corrected chi connectivity index (χ4v) is 4.88. The normalized spacial score (nSPS) is 14.9. The molecule has 1 aromatic heterocycles. The van der Waals surface area contributed by atoms with Gasteiger partial charge in [0.25, 0.3) is 5.91 Å². The number of para-hydroxylation sites is 1. The van der Waals surface area contributed by atoms with Crippen LogP contribution in [0.1, 0.15) is 31.2 Å².